The molecule has 0 heterocycles. The fourth-order valence-electron chi connectivity index (χ4n) is 1.97. The lowest BCUT2D eigenvalue weighted by atomic mass is 10.1. The van der Waals surface area contributed by atoms with Crippen LogP contribution >= 0.6 is 0 Å². The predicted octanol–water partition coefficient (Wildman–Crippen LogP) is 3.45. The van der Waals surface area contributed by atoms with Crippen molar-refractivity contribution in [1.82, 2.24) is 0 Å². The van der Waals surface area contributed by atoms with Gasteiger partial charge in [0, 0.05) is 12.6 Å². The second-order valence-corrected chi connectivity index (χ2v) is 4.60. The van der Waals surface area contributed by atoms with Crippen LogP contribution in [0.2, 0.25) is 0 Å². The Balaban J connectivity index is 2.13. The van der Waals surface area contributed by atoms with Crippen LogP contribution in [0.3, 0.4) is 0 Å². The van der Waals surface area contributed by atoms with Crippen LogP contribution in [0, 0.1) is 12.7 Å². The number of para-hydroxylation sites is 1. The van der Waals surface area contributed by atoms with Crippen LogP contribution in [0.5, 0.6) is 0 Å². The monoisotopic (exact) mass is 257 g/mol. The van der Waals surface area contributed by atoms with E-state index in [2.05, 4.69) is 0 Å². The summed E-state index contributed by atoms with van der Waals surface area (Å²) in [7, 11) is 1.71. The highest BCUT2D eigenvalue weighted by Crippen LogP contribution is 2.17. The van der Waals surface area contributed by atoms with Crippen molar-refractivity contribution in [2.45, 2.75) is 6.92 Å². The van der Waals surface area contributed by atoms with Gasteiger partial charge in [0.2, 0.25) is 0 Å². The smallest absolute Gasteiger partial charge is 0.182 e. The fraction of sp³-hybridized carbons (Fsp3) is 0.188. The molecule has 2 aromatic carbocycles. The van der Waals surface area contributed by atoms with E-state index in [9.17, 15) is 9.18 Å². The molecule has 98 valence electrons. The maximum Gasteiger partial charge on any atom is 0.182 e. The number of ketones is 1. The molecule has 2 rings (SSSR count). The number of hydrogen-bond donors (Lipinski definition) is 0. The molecule has 2 aromatic rings. The molecule has 0 saturated carbocycles. The van der Waals surface area contributed by atoms with Crippen molar-refractivity contribution >= 4 is 11.5 Å². The summed E-state index contributed by atoms with van der Waals surface area (Å²) >= 11 is 0. The zero-order valence-corrected chi connectivity index (χ0v) is 11.1. The number of nitrogens with zero attached hydrogens (tertiary/aromatic N) is 1. The van der Waals surface area contributed by atoms with Crippen LogP contribution in [0.25, 0.3) is 0 Å². The first-order valence-corrected chi connectivity index (χ1v) is 6.13. The minimum Gasteiger partial charge on any atom is -0.365 e. The van der Waals surface area contributed by atoms with Crippen molar-refractivity contribution in [2.75, 3.05) is 18.5 Å². The van der Waals surface area contributed by atoms with Gasteiger partial charge in [-0.2, -0.15) is 0 Å². The standard InChI is InChI=1S/C16H16FNO/c1-12-6-5-7-13(10-12)16(19)11-18(2)15-9-4-3-8-14(15)17/h3-10H,11H2,1-2H3. The Morgan fingerprint density at radius 1 is 1.16 bits per heavy atom. The third kappa shape index (κ3) is 3.19. The number of carbonyl (C=O) groups is 1. The van der Waals surface area contributed by atoms with Crippen molar-refractivity contribution in [3.8, 4) is 0 Å². The molecule has 0 fully saturated rings. The number of aryl methyl sites for hydroxylation is 1. The second kappa shape index (κ2) is 5.65. The van der Waals surface area contributed by atoms with Gasteiger partial charge < -0.3 is 4.90 Å². The van der Waals surface area contributed by atoms with Crippen molar-refractivity contribution in [3.63, 3.8) is 0 Å². The van der Waals surface area contributed by atoms with Gasteiger partial charge >= 0.3 is 0 Å². The Morgan fingerprint density at radius 3 is 2.58 bits per heavy atom. The molecule has 0 radical (unpaired) electrons. The molecule has 0 saturated heterocycles. The average Bonchev–Trinajstić information content (AvgIpc) is 2.39. The lowest BCUT2D eigenvalue weighted by Gasteiger charge is -2.19. The Morgan fingerprint density at radius 2 is 1.89 bits per heavy atom. The summed E-state index contributed by atoms with van der Waals surface area (Å²) in [6.07, 6.45) is 0. The molecule has 0 aliphatic heterocycles. The zero-order chi connectivity index (χ0) is 13.8. The first-order valence-electron chi connectivity index (χ1n) is 6.13. The number of halogens is 1. The van der Waals surface area contributed by atoms with Crippen LogP contribution in [0.1, 0.15) is 15.9 Å². The lowest BCUT2D eigenvalue weighted by molar-refractivity contribution is 0.1000. The number of carbonyl (C=O) groups excluding carboxylic acids is 1. The minimum absolute atomic E-state index is 0.0190. The fourth-order valence-corrected chi connectivity index (χ4v) is 1.97. The van der Waals surface area contributed by atoms with Gasteiger partial charge in [-0.1, -0.05) is 35.9 Å². The second-order valence-electron chi connectivity index (χ2n) is 4.60. The van der Waals surface area contributed by atoms with Crippen molar-refractivity contribution < 1.29 is 9.18 Å². The van der Waals surface area contributed by atoms with E-state index in [-0.39, 0.29) is 18.1 Å². The molecule has 0 aliphatic carbocycles. The molecule has 0 aromatic heterocycles. The zero-order valence-electron chi connectivity index (χ0n) is 11.1. The third-order valence-corrected chi connectivity index (χ3v) is 2.98. The molecule has 0 spiro atoms. The highest BCUT2D eigenvalue weighted by Gasteiger charge is 2.12. The topological polar surface area (TPSA) is 20.3 Å². The van der Waals surface area contributed by atoms with Gasteiger partial charge in [0.25, 0.3) is 0 Å². The molecule has 0 N–H and O–H groups in total. The van der Waals surface area contributed by atoms with Gasteiger partial charge in [0.15, 0.2) is 5.78 Å². The van der Waals surface area contributed by atoms with E-state index in [1.165, 1.54) is 6.07 Å². The van der Waals surface area contributed by atoms with E-state index in [4.69, 9.17) is 0 Å². The van der Waals surface area contributed by atoms with Gasteiger partial charge in [-0.15, -0.1) is 0 Å². The van der Waals surface area contributed by atoms with Crippen molar-refractivity contribution in [1.29, 1.82) is 0 Å². The molecule has 19 heavy (non-hydrogen) atoms. The first kappa shape index (κ1) is 13.3. The van der Waals surface area contributed by atoms with E-state index in [0.717, 1.165) is 5.56 Å². The van der Waals surface area contributed by atoms with Gasteiger partial charge in [-0.05, 0) is 25.1 Å². The summed E-state index contributed by atoms with van der Waals surface area (Å²) in [6.45, 7) is 2.10. The molecular formula is C16H16FNO. The van der Waals surface area contributed by atoms with Crippen LogP contribution < -0.4 is 4.90 Å². The van der Waals surface area contributed by atoms with E-state index >= 15 is 0 Å². The predicted molar refractivity (Wildman–Crippen MR) is 75.2 cm³/mol. The summed E-state index contributed by atoms with van der Waals surface area (Å²) in [5, 5.41) is 0. The normalized spacial score (nSPS) is 10.3. The van der Waals surface area contributed by atoms with E-state index in [1.807, 2.05) is 25.1 Å². The Hall–Kier alpha value is -2.16. The van der Waals surface area contributed by atoms with Crippen molar-refractivity contribution in [3.05, 3.63) is 65.5 Å². The quantitative estimate of drug-likeness (QED) is 0.782. The maximum absolute atomic E-state index is 13.6. The third-order valence-electron chi connectivity index (χ3n) is 2.98. The highest BCUT2D eigenvalue weighted by molar-refractivity contribution is 5.99. The first-order chi connectivity index (χ1) is 9.08. The summed E-state index contributed by atoms with van der Waals surface area (Å²) < 4.78 is 13.6. The summed E-state index contributed by atoms with van der Waals surface area (Å²) in [4.78, 5) is 13.8. The molecule has 0 atom stereocenters. The van der Waals surface area contributed by atoms with Gasteiger partial charge in [-0.3, -0.25) is 4.79 Å². The van der Waals surface area contributed by atoms with Crippen LogP contribution in [-0.2, 0) is 0 Å². The highest BCUT2D eigenvalue weighted by atomic mass is 19.1. The number of Topliss-reactive ketones (excluding diaryl/α,β-unsaturated/α-hetero) is 1. The van der Waals surface area contributed by atoms with Crippen molar-refractivity contribution in [2.24, 2.45) is 0 Å². The lowest BCUT2D eigenvalue weighted by Crippen LogP contribution is -2.26. The summed E-state index contributed by atoms with van der Waals surface area (Å²) in [5.41, 5.74) is 2.13. The summed E-state index contributed by atoms with van der Waals surface area (Å²) in [5.74, 6) is -0.337. The number of anilines is 1. The van der Waals surface area contributed by atoms with Crippen LogP contribution in [-0.4, -0.2) is 19.4 Å². The van der Waals surface area contributed by atoms with Gasteiger partial charge in [-0.25, -0.2) is 4.39 Å². The Bertz CT molecular complexity index is 595. The molecule has 0 unspecified atom stereocenters. The summed E-state index contributed by atoms with van der Waals surface area (Å²) in [6, 6.07) is 13.9. The van der Waals surface area contributed by atoms with E-state index in [1.54, 1.807) is 36.2 Å². The molecular weight excluding hydrogens is 241 g/mol. The number of likely N-dealkylation sites (N-methyl/N-ethyl adjacent to an activating group) is 1. The molecule has 0 aliphatic rings. The van der Waals surface area contributed by atoms with Crippen LogP contribution in [0.4, 0.5) is 10.1 Å². The minimum atomic E-state index is -0.318. The van der Waals surface area contributed by atoms with Crippen LogP contribution in [0.15, 0.2) is 48.5 Å². The Labute approximate surface area is 112 Å². The number of hydrogen-bond acceptors (Lipinski definition) is 2. The number of benzene rings is 2. The molecule has 2 nitrogen and oxygen atoms in total. The SMILES string of the molecule is Cc1cccc(C(=O)CN(C)c2ccccc2F)c1. The maximum atomic E-state index is 13.6. The number of rotatable bonds is 4. The molecule has 0 bridgehead atoms. The van der Waals surface area contributed by atoms with E-state index < -0.39 is 0 Å². The Kier molecular flexibility index (Phi) is 3.95. The largest absolute Gasteiger partial charge is 0.365 e. The van der Waals surface area contributed by atoms with Gasteiger partial charge in [0.05, 0.1) is 12.2 Å². The molecule has 3 heteroatoms. The average molecular weight is 257 g/mol. The van der Waals surface area contributed by atoms with E-state index in [0.29, 0.717) is 11.3 Å². The van der Waals surface area contributed by atoms with Gasteiger partial charge in [0.1, 0.15) is 5.82 Å². The molecule has 0 amide bonds.